The standard InChI is InChI=1S/C10H14ClN3O3S/c1-10(2-3-17-6-10)14-18(15,16)7-4-8(11)9(12)13-5-7/h4-5,14H,2-3,6H2,1H3,(H2,12,13). The smallest absolute Gasteiger partial charge is 0.242 e. The molecule has 8 heteroatoms. The van der Waals surface area contributed by atoms with Crippen molar-refractivity contribution in [2.75, 3.05) is 18.9 Å². The lowest BCUT2D eigenvalue weighted by atomic mass is 10.0. The Kier molecular flexibility index (Phi) is 3.50. The van der Waals surface area contributed by atoms with E-state index in [1.165, 1.54) is 12.3 Å². The van der Waals surface area contributed by atoms with Crippen molar-refractivity contribution < 1.29 is 13.2 Å². The van der Waals surface area contributed by atoms with Crippen molar-refractivity contribution in [3.63, 3.8) is 0 Å². The van der Waals surface area contributed by atoms with Gasteiger partial charge in [0, 0.05) is 12.8 Å². The average Bonchev–Trinajstić information content (AvgIpc) is 2.67. The van der Waals surface area contributed by atoms with E-state index in [-0.39, 0.29) is 15.7 Å². The molecule has 0 spiro atoms. The quantitative estimate of drug-likeness (QED) is 0.858. The molecular formula is C10H14ClN3O3S. The summed E-state index contributed by atoms with van der Waals surface area (Å²) in [6.07, 6.45) is 1.81. The molecule has 0 aliphatic carbocycles. The maximum Gasteiger partial charge on any atom is 0.242 e. The highest BCUT2D eigenvalue weighted by molar-refractivity contribution is 7.89. The number of hydrogen-bond donors (Lipinski definition) is 2. The molecule has 0 saturated carbocycles. The van der Waals surface area contributed by atoms with Crippen LogP contribution in [0, 0.1) is 0 Å². The van der Waals surface area contributed by atoms with E-state index in [4.69, 9.17) is 22.1 Å². The van der Waals surface area contributed by atoms with E-state index in [1.807, 2.05) is 0 Å². The number of rotatable bonds is 3. The first-order valence-electron chi connectivity index (χ1n) is 5.35. The number of nitrogens with zero attached hydrogens (tertiary/aromatic N) is 1. The van der Waals surface area contributed by atoms with Gasteiger partial charge in [-0.15, -0.1) is 0 Å². The van der Waals surface area contributed by atoms with Crippen LogP contribution in [-0.2, 0) is 14.8 Å². The van der Waals surface area contributed by atoms with E-state index in [2.05, 4.69) is 9.71 Å². The average molecular weight is 292 g/mol. The van der Waals surface area contributed by atoms with Gasteiger partial charge in [0.2, 0.25) is 10.0 Å². The Labute approximate surface area is 111 Å². The first-order chi connectivity index (χ1) is 8.32. The maximum atomic E-state index is 12.2. The molecule has 1 aromatic rings. The summed E-state index contributed by atoms with van der Waals surface area (Å²) >= 11 is 5.77. The first kappa shape index (κ1) is 13.5. The largest absolute Gasteiger partial charge is 0.382 e. The van der Waals surface area contributed by atoms with Crippen molar-refractivity contribution in [1.29, 1.82) is 0 Å². The minimum atomic E-state index is -3.67. The molecule has 1 aromatic heterocycles. The van der Waals surface area contributed by atoms with E-state index in [0.717, 1.165) is 0 Å². The molecule has 18 heavy (non-hydrogen) atoms. The summed E-state index contributed by atoms with van der Waals surface area (Å²) < 4.78 is 32.1. The highest BCUT2D eigenvalue weighted by Crippen LogP contribution is 2.23. The zero-order valence-corrected chi connectivity index (χ0v) is 11.4. The van der Waals surface area contributed by atoms with Gasteiger partial charge in [0.15, 0.2) is 0 Å². The Balaban J connectivity index is 2.27. The number of aromatic nitrogens is 1. The van der Waals surface area contributed by atoms with Crippen molar-refractivity contribution in [3.8, 4) is 0 Å². The molecule has 1 aliphatic heterocycles. The molecule has 1 fully saturated rings. The van der Waals surface area contributed by atoms with Crippen LogP contribution in [0.2, 0.25) is 5.02 Å². The van der Waals surface area contributed by atoms with E-state index >= 15 is 0 Å². The number of anilines is 1. The summed E-state index contributed by atoms with van der Waals surface area (Å²) in [4.78, 5) is 3.73. The highest BCUT2D eigenvalue weighted by atomic mass is 35.5. The Morgan fingerprint density at radius 2 is 2.33 bits per heavy atom. The van der Waals surface area contributed by atoms with Crippen molar-refractivity contribution in [1.82, 2.24) is 9.71 Å². The third-order valence-corrected chi connectivity index (χ3v) is 4.66. The van der Waals surface area contributed by atoms with Crippen LogP contribution in [-0.4, -0.2) is 32.2 Å². The Hall–Kier alpha value is -0.890. The molecule has 2 heterocycles. The second-order valence-corrected chi connectivity index (χ2v) is 6.60. The monoisotopic (exact) mass is 291 g/mol. The SMILES string of the molecule is CC1(NS(=O)(=O)c2cnc(N)c(Cl)c2)CCOC1. The molecular weight excluding hydrogens is 278 g/mol. The summed E-state index contributed by atoms with van der Waals surface area (Å²) in [7, 11) is -3.67. The minimum absolute atomic E-state index is 0.00479. The molecule has 0 amide bonds. The van der Waals surface area contributed by atoms with Crippen molar-refractivity contribution in [2.45, 2.75) is 23.8 Å². The van der Waals surface area contributed by atoms with Crippen LogP contribution in [0.5, 0.6) is 0 Å². The van der Waals surface area contributed by atoms with Crippen molar-refractivity contribution >= 4 is 27.4 Å². The number of pyridine rings is 1. The molecule has 6 nitrogen and oxygen atoms in total. The van der Waals surface area contributed by atoms with Gasteiger partial charge in [-0.05, 0) is 19.4 Å². The molecule has 1 aliphatic rings. The van der Waals surface area contributed by atoms with E-state index in [0.29, 0.717) is 19.6 Å². The lowest BCUT2D eigenvalue weighted by Gasteiger charge is -2.23. The van der Waals surface area contributed by atoms with Gasteiger partial charge in [-0.3, -0.25) is 0 Å². The second kappa shape index (κ2) is 4.65. The summed E-state index contributed by atoms with van der Waals surface area (Å²) in [6.45, 7) is 2.69. The van der Waals surface area contributed by atoms with E-state index in [1.54, 1.807) is 6.92 Å². The Morgan fingerprint density at radius 3 is 2.89 bits per heavy atom. The van der Waals surface area contributed by atoms with Crippen LogP contribution in [0.15, 0.2) is 17.2 Å². The van der Waals surface area contributed by atoms with Crippen molar-refractivity contribution in [2.24, 2.45) is 0 Å². The zero-order valence-electron chi connectivity index (χ0n) is 9.81. The zero-order chi connectivity index (χ0) is 13.4. The van der Waals surface area contributed by atoms with Gasteiger partial charge in [-0.1, -0.05) is 11.6 Å². The molecule has 0 bridgehead atoms. The topological polar surface area (TPSA) is 94.3 Å². The molecule has 0 radical (unpaired) electrons. The van der Waals surface area contributed by atoms with E-state index in [9.17, 15) is 8.42 Å². The summed E-state index contributed by atoms with van der Waals surface area (Å²) in [5.74, 6) is 0.103. The van der Waals surface area contributed by atoms with Crippen LogP contribution in [0.3, 0.4) is 0 Å². The molecule has 1 saturated heterocycles. The van der Waals surface area contributed by atoms with Gasteiger partial charge in [-0.2, -0.15) is 0 Å². The van der Waals surface area contributed by atoms with Gasteiger partial charge in [0.05, 0.1) is 17.2 Å². The van der Waals surface area contributed by atoms with Crippen LogP contribution in [0.4, 0.5) is 5.82 Å². The second-order valence-electron chi connectivity index (χ2n) is 4.51. The fraction of sp³-hybridized carbons (Fsp3) is 0.500. The van der Waals surface area contributed by atoms with Crippen molar-refractivity contribution in [3.05, 3.63) is 17.3 Å². The number of hydrogen-bond acceptors (Lipinski definition) is 5. The number of ether oxygens (including phenoxy) is 1. The lowest BCUT2D eigenvalue weighted by molar-refractivity contribution is 0.178. The molecule has 100 valence electrons. The summed E-state index contributed by atoms with van der Waals surface area (Å²) in [5, 5.41) is 0.116. The first-order valence-corrected chi connectivity index (χ1v) is 7.21. The third kappa shape index (κ3) is 2.74. The summed E-state index contributed by atoms with van der Waals surface area (Å²) in [6, 6.07) is 1.28. The molecule has 1 unspecified atom stereocenters. The predicted octanol–water partition coefficient (Wildman–Crippen LogP) is 0.774. The van der Waals surface area contributed by atoms with Crippen LogP contribution < -0.4 is 10.5 Å². The number of sulfonamides is 1. The highest BCUT2D eigenvalue weighted by Gasteiger charge is 2.34. The van der Waals surface area contributed by atoms with Gasteiger partial charge in [0.25, 0.3) is 0 Å². The lowest BCUT2D eigenvalue weighted by Crippen LogP contribution is -2.46. The van der Waals surface area contributed by atoms with Crippen LogP contribution >= 0.6 is 11.6 Å². The van der Waals surface area contributed by atoms with Crippen LogP contribution in [0.1, 0.15) is 13.3 Å². The molecule has 0 aromatic carbocycles. The molecule has 3 N–H and O–H groups in total. The van der Waals surface area contributed by atoms with Crippen LogP contribution in [0.25, 0.3) is 0 Å². The van der Waals surface area contributed by atoms with Gasteiger partial charge < -0.3 is 10.5 Å². The fourth-order valence-electron chi connectivity index (χ4n) is 1.71. The molecule has 1 atom stereocenters. The third-order valence-electron chi connectivity index (χ3n) is 2.75. The van der Waals surface area contributed by atoms with Gasteiger partial charge in [-0.25, -0.2) is 18.1 Å². The minimum Gasteiger partial charge on any atom is -0.382 e. The normalized spacial score (nSPS) is 24.3. The van der Waals surface area contributed by atoms with Gasteiger partial charge >= 0.3 is 0 Å². The number of nitrogens with one attached hydrogen (secondary N) is 1. The van der Waals surface area contributed by atoms with E-state index < -0.39 is 15.6 Å². The fourth-order valence-corrected chi connectivity index (χ4v) is 3.33. The number of nitrogen functional groups attached to an aromatic ring is 1. The maximum absolute atomic E-state index is 12.2. The predicted molar refractivity (Wildman–Crippen MR) is 67.8 cm³/mol. The van der Waals surface area contributed by atoms with Gasteiger partial charge in [0.1, 0.15) is 10.7 Å². The number of halogens is 1. The molecule has 2 rings (SSSR count). The Bertz CT molecular complexity index is 555. The Morgan fingerprint density at radius 1 is 1.61 bits per heavy atom. The number of nitrogens with two attached hydrogens (primary N) is 1. The summed E-state index contributed by atoms with van der Waals surface area (Å²) in [5.41, 5.74) is 4.85.